The predicted octanol–water partition coefficient (Wildman–Crippen LogP) is 4.15. The molecule has 2 aromatic heterocycles. The van der Waals surface area contributed by atoms with Crippen LogP contribution in [-0.4, -0.2) is 51.1 Å². The van der Waals surface area contributed by atoms with Gasteiger partial charge in [-0.3, -0.25) is 9.78 Å². The predicted molar refractivity (Wildman–Crippen MR) is 141 cm³/mol. The number of benzene rings is 1. The maximum Gasteiger partial charge on any atom is 0.253 e. The van der Waals surface area contributed by atoms with E-state index in [0.29, 0.717) is 23.8 Å². The minimum absolute atomic E-state index is 0.0775. The molecule has 3 rings (SSSR count). The van der Waals surface area contributed by atoms with Crippen LogP contribution in [0, 0.1) is 13.8 Å². The van der Waals surface area contributed by atoms with Crippen LogP contribution in [0.25, 0.3) is 10.9 Å². The minimum atomic E-state index is -0.0775. The van der Waals surface area contributed by atoms with Crippen molar-refractivity contribution in [3.8, 4) is 0 Å². The lowest BCUT2D eigenvalue weighted by Gasteiger charge is -2.26. The van der Waals surface area contributed by atoms with Crippen molar-refractivity contribution >= 4 is 28.2 Å². The first-order valence-electron chi connectivity index (χ1n) is 11.7. The summed E-state index contributed by atoms with van der Waals surface area (Å²) in [5.74, 6) is 0. The van der Waals surface area contributed by atoms with E-state index < -0.39 is 0 Å². The van der Waals surface area contributed by atoms with Crippen LogP contribution < -0.4 is 10.9 Å². The highest BCUT2D eigenvalue weighted by Crippen LogP contribution is 2.18. The Hall–Kier alpha value is -2.77. The fourth-order valence-corrected chi connectivity index (χ4v) is 4.14. The number of hydrogen-bond donors (Lipinski definition) is 2. The standard InChI is InChI=1S/C26H35N5OS/c1-5-30(6-2)12-8-11-28-26(33)31(17-21-9-7-10-27-16-21)18-23-15-22-13-19(3)20(4)14-24(22)29-25(23)32/h7,9-10,13-16H,5-6,8,11-12,17-18H2,1-4H3,(H,28,33)(H,29,32). The van der Waals surface area contributed by atoms with E-state index in [1.807, 2.05) is 35.4 Å². The zero-order valence-corrected chi connectivity index (χ0v) is 21.0. The van der Waals surface area contributed by atoms with Gasteiger partial charge in [0.15, 0.2) is 5.11 Å². The Labute approximate surface area is 202 Å². The Bertz CT molecular complexity index is 1120. The van der Waals surface area contributed by atoms with Gasteiger partial charge in [0.05, 0.1) is 6.54 Å². The molecular weight excluding hydrogens is 430 g/mol. The molecule has 0 radical (unpaired) electrons. The van der Waals surface area contributed by atoms with Gasteiger partial charge in [0.25, 0.3) is 5.56 Å². The van der Waals surface area contributed by atoms with Gasteiger partial charge < -0.3 is 20.1 Å². The van der Waals surface area contributed by atoms with E-state index in [0.717, 1.165) is 49.1 Å². The van der Waals surface area contributed by atoms with E-state index in [2.05, 4.69) is 53.9 Å². The number of nitrogens with zero attached hydrogens (tertiary/aromatic N) is 3. The normalized spacial score (nSPS) is 11.2. The highest BCUT2D eigenvalue weighted by atomic mass is 32.1. The highest BCUT2D eigenvalue weighted by Gasteiger charge is 2.14. The summed E-state index contributed by atoms with van der Waals surface area (Å²) in [7, 11) is 0. The van der Waals surface area contributed by atoms with Gasteiger partial charge in [-0.2, -0.15) is 0 Å². The molecule has 33 heavy (non-hydrogen) atoms. The smallest absolute Gasteiger partial charge is 0.253 e. The monoisotopic (exact) mass is 465 g/mol. The Balaban J connectivity index is 1.78. The van der Waals surface area contributed by atoms with Gasteiger partial charge in [-0.15, -0.1) is 0 Å². The van der Waals surface area contributed by atoms with E-state index in [4.69, 9.17) is 12.2 Å². The fourth-order valence-electron chi connectivity index (χ4n) is 3.91. The van der Waals surface area contributed by atoms with Crippen molar-refractivity contribution in [3.05, 3.63) is 75.3 Å². The summed E-state index contributed by atoms with van der Waals surface area (Å²) in [5.41, 5.74) is 4.90. The molecule has 2 N–H and O–H groups in total. The van der Waals surface area contributed by atoms with Crippen LogP contribution in [0.1, 0.15) is 42.5 Å². The van der Waals surface area contributed by atoms with Gasteiger partial charge in [-0.1, -0.05) is 19.9 Å². The van der Waals surface area contributed by atoms with Crippen LogP contribution in [0.5, 0.6) is 0 Å². The topological polar surface area (TPSA) is 64.3 Å². The van der Waals surface area contributed by atoms with Gasteiger partial charge in [-0.25, -0.2) is 0 Å². The maximum atomic E-state index is 12.9. The lowest BCUT2D eigenvalue weighted by atomic mass is 10.0. The Morgan fingerprint density at radius 2 is 1.88 bits per heavy atom. The number of thiocarbonyl (C=S) groups is 1. The van der Waals surface area contributed by atoms with E-state index in [1.165, 1.54) is 11.1 Å². The third-order valence-electron chi connectivity index (χ3n) is 6.10. The molecule has 3 aromatic rings. The van der Waals surface area contributed by atoms with E-state index in [-0.39, 0.29) is 5.56 Å². The number of fused-ring (bicyclic) bond motifs is 1. The number of rotatable bonds is 10. The first-order chi connectivity index (χ1) is 15.9. The maximum absolute atomic E-state index is 12.9. The molecule has 0 spiro atoms. The van der Waals surface area contributed by atoms with Crippen LogP contribution in [-0.2, 0) is 13.1 Å². The Morgan fingerprint density at radius 3 is 2.58 bits per heavy atom. The second kappa shape index (κ2) is 11.9. The number of H-pyrrole nitrogens is 1. The summed E-state index contributed by atoms with van der Waals surface area (Å²) in [4.78, 5) is 24.6. The van der Waals surface area contributed by atoms with E-state index in [9.17, 15) is 4.79 Å². The van der Waals surface area contributed by atoms with Crippen LogP contribution in [0.3, 0.4) is 0 Å². The van der Waals surface area contributed by atoms with Gasteiger partial charge in [0.2, 0.25) is 0 Å². The molecule has 0 aliphatic carbocycles. The SMILES string of the molecule is CCN(CC)CCCNC(=S)N(Cc1cccnc1)Cc1cc2cc(C)c(C)cc2[nH]c1=O. The van der Waals surface area contributed by atoms with Crippen molar-refractivity contribution in [3.63, 3.8) is 0 Å². The van der Waals surface area contributed by atoms with Crippen molar-refractivity contribution in [2.75, 3.05) is 26.2 Å². The van der Waals surface area contributed by atoms with Crippen LogP contribution in [0.15, 0.2) is 47.5 Å². The van der Waals surface area contributed by atoms with Gasteiger partial charge in [-0.05, 0) is 98.5 Å². The molecule has 0 aliphatic rings. The molecule has 0 bridgehead atoms. The molecule has 7 heteroatoms. The van der Waals surface area contributed by atoms with E-state index >= 15 is 0 Å². The molecule has 0 amide bonds. The largest absolute Gasteiger partial charge is 0.363 e. The average Bonchev–Trinajstić information content (AvgIpc) is 2.81. The second-order valence-corrected chi connectivity index (χ2v) is 8.86. The number of aromatic nitrogens is 2. The quantitative estimate of drug-likeness (QED) is 0.346. The molecule has 176 valence electrons. The van der Waals surface area contributed by atoms with Gasteiger partial charge in [0, 0.05) is 36.6 Å². The number of hydrogen-bond acceptors (Lipinski definition) is 4. The summed E-state index contributed by atoms with van der Waals surface area (Å²) >= 11 is 5.76. The number of pyridine rings is 2. The first-order valence-corrected chi connectivity index (χ1v) is 12.1. The van der Waals surface area contributed by atoms with Crippen molar-refractivity contribution in [2.45, 2.75) is 47.2 Å². The first kappa shape index (κ1) is 24.9. The minimum Gasteiger partial charge on any atom is -0.363 e. The Kier molecular flexibility index (Phi) is 8.97. The molecule has 0 saturated heterocycles. The van der Waals surface area contributed by atoms with Crippen LogP contribution >= 0.6 is 12.2 Å². The molecule has 2 heterocycles. The fraction of sp³-hybridized carbons (Fsp3) is 0.423. The van der Waals surface area contributed by atoms with Gasteiger partial charge >= 0.3 is 0 Å². The third kappa shape index (κ3) is 6.85. The zero-order chi connectivity index (χ0) is 23.8. The van der Waals surface area contributed by atoms with Crippen LogP contribution in [0.4, 0.5) is 0 Å². The summed E-state index contributed by atoms with van der Waals surface area (Å²) in [5, 5.41) is 5.08. The van der Waals surface area contributed by atoms with Crippen molar-refractivity contribution in [2.24, 2.45) is 0 Å². The Morgan fingerprint density at radius 1 is 1.12 bits per heavy atom. The average molecular weight is 466 g/mol. The highest BCUT2D eigenvalue weighted by molar-refractivity contribution is 7.80. The second-order valence-electron chi connectivity index (χ2n) is 8.48. The lowest BCUT2D eigenvalue weighted by molar-refractivity contribution is 0.299. The van der Waals surface area contributed by atoms with Gasteiger partial charge in [0.1, 0.15) is 0 Å². The molecule has 6 nitrogen and oxygen atoms in total. The molecule has 0 atom stereocenters. The molecule has 0 fully saturated rings. The molecular formula is C26H35N5OS. The summed E-state index contributed by atoms with van der Waals surface area (Å²) in [6.45, 7) is 13.5. The van der Waals surface area contributed by atoms with E-state index in [1.54, 1.807) is 6.20 Å². The third-order valence-corrected chi connectivity index (χ3v) is 6.50. The van der Waals surface area contributed by atoms with Crippen molar-refractivity contribution < 1.29 is 0 Å². The lowest BCUT2D eigenvalue weighted by Crippen LogP contribution is -2.41. The number of aromatic amines is 1. The summed E-state index contributed by atoms with van der Waals surface area (Å²) < 4.78 is 0. The molecule has 1 aromatic carbocycles. The molecule has 0 unspecified atom stereocenters. The zero-order valence-electron chi connectivity index (χ0n) is 20.1. The number of nitrogens with one attached hydrogen (secondary N) is 2. The number of aryl methyl sites for hydroxylation is 2. The molecule has 0 saturated carbocycles. The van der Waals surface area contributed by atoms with Crippen molar-refractivity contribution in [1.82, 2.24) is 25.1 Å². The summed E-state index contributed by atoms with van der Waals surface area (Å²) in [6.07, 6.45) is 4.61. The van der Waals surface area contributed by atoms with Crippen LogP contribution in [0.2, 0.25) is 0 Å². The molecule has 0 aliphatic heterocycles. The summed E-state index contributed by atoms with van der Waals surface area (Å²) in [6, 6.07) is 10.1. The van der Waals surface area contributed by atoms with Crippen molar-refractivity contribution in [1.29, 1.82) is 0 Å².